The predicted molar refractivity (Wildman–Crippen MR) is 90.6 cm³/mol. The minimum Gasteiger partial charge on any atom is -0.325 e. The van der Waals surface area contributed by atoms with Crippen molar-refractivity contribution in [1.29, 1.82) is 0 Å². The van der Waals surface area contributed by atoms with E-state index in [1.165, 1.54) is 32.1 Å². The lowest BCUT2D eigenvalue weighted by Gasteiger charge is -2.38. The minimum atomic E-state index is 0.169. The molecule has 1 aromatic carbocycles. The molecule has 1 aromatic rings. The summed E-state index contributed by atoms with van der Waals surface area (Å²) < 4.78 is 0.842. The van der Waals surface area contributed by atoms with E-state index in [2.05, 4.69) is 21.2 Å². The van der Waals surface area contributed by atoms with Crippen LogP contribution in [-0.2, 0) is 4.79 Å². The summed E-state index contributed by atoms with van der Waals surface area (Å²) >= 11 is 9.39. The van der Waals surface area contributed by atoms with Crippen LogP contribution in [0.25, 0.3) is 0 Å². The van der Waals surface area contributed by atoms with Crippen LogP contribution in [0, 0.1) is 17.8 Å². The van der Waals surface area contributed by atoms with Gasteiger partial charge in [0.15, 0.2) is 0 Å². The molecule has 2 saturated carbocycles. The standard InChI is InChI=1S/C17H21BrClNO/c18-15-10-14(19)7-8-16(15)20-17(21)13-6-5-11-3-1-2-4-12(11)9-13/h7-8,10-13H,1-6,9H2,(H,20,21). The number of anilines is 1. The van der Waals surface area contributed by atoms with Crippen molar-refractivity contribution in [1.82, 2.24) is 0 Å². The van der Waals surface area contributed by atoms with Gasteiger partial charge in [-0.25, -0.2) is 0 Å². The zero-order valence-corrected chi connectivity index (χ0v) is 14.4. The molecule has 1 amide bonds. The Bertz CT molecular complexity index is 534. The maximum Gasteiger partial charge on any atom is 0.227 e. The van der Waals surface area contributed by atoms with E-state index in [9.17, 15) is 4.79 Å². The summed E-state index contributed by atoms with van der Waals surface area (Å²) in [5.41, 5.74) is 0.815. The molecule has 2 aliphatic rings. The normalized spacial score (nSPS) is 28.8. The SMILES string of the molecule is O=C(Nc1ccc(Cl)cc1Br)C1CCC2CCCCC2C1. The van der Waals surface area contributed by atoms with Crippen molar-refractivity contribution in [2.24, 2.45) is 17.8 Å². The van der Waals surface area contributed by atoms with Crippen LogP contribution >= 0.6 is 27.5 Å². The maximum atomic E-state index is 12.5. The number of benzene rings is 1. The molecule has 0 heterocycles. The Morgan fingerprint density at radius 3 is 2.67 bits per heavy atom. The fraction of sp³-hybridized carbons (Fsp3) is 0.588. The number of halogens is 2. The van der Waals surface area contributed by atoms with Crippen molar-refractivity contribution in [3.05, 3.63) is 27.7 Å². The fourth-order valence-electron chi connectivity index (χ4n) is 3.94. The zero-order valence-electron chi connectivity index (χ0n) is 12.1. The van der Waals surface area contributed by atoms with Crippen LogP contribution in [0.3, 0.4) is 0 Å². The second-order valence-corrected chi connectivity index (χ2v) is 7.72. The van der Waals surface area contributed by atoms with E-state index >= 15 is 0 Å². The number of carbonyl (C=O) groups is 1. The molecule has 0 spiro atoms. The van der Waals surface area contributed by atoms with E-state index < -0.39 is 0 Å². The number of amides is 1. The third-order valence-electron chi connectivity index (χ3n) is 5.10. The summed E-state index contributed by atoms with van der Waals surface area (Å²) in [6.45, 7) is 0. The van der Waals surface area contributed by atoms with Crippen LogP contribution < -0.4 is 5.32 Å². The Labute approximate surface area is 139 Å². The lowest BCUT2D eigenvalue weighted by atomic mass is 9.67. The van der Waals surface area contributed by atoms with Crippen molar-refractivity contribution >= 4 is 39.1 Å². The molecule has 21 heavy (non-hydrogen) atoms. The average Bonchev–Trinajstić information content (AvgIpc) is 2.49. The lowest BCUT2D eigenvalue weighted by molar-refractivity contribution is -0.122. The maximum absolute atomic E-state index is 12.5. The second-order valence-electron chi connectivity index (χ2n) is 6.43. The van der Waals surface area contributed by atoms with Gasteiger partial charge >= 0.3 is 0 Å². The summed E-state index contributed by atoms with van der Waals surface area (Å²) in [6, 6.07) is 5.48. The highest BCUT2D eigenvalue weighted by Crippen LogP contribution is 2.43. The molecule has 2 nitrogen and oxygen atoms in total. The molecule has 0 radical (unpaired) electrons. The van der Waals surface area contributed by atoms with Crippen LogP contribution in [0.1, 0.15) is 44.9 Å². The van der Waals surface area contributed by atoms with Gasteiger partial charge in [-0.3, -0.25) is 4.79 Å². The molecule has 4 heteroatoms. The molecule has 2 fully saturated rings. The molecule has 3 unspecified atom stereocenters. The van der Waals surface area contributed by atoms with Gasteiger partial charge in [0.1, 0.15) is 0 Å². The van der Waals surface area contributed by atoms with Crippen LogP contribution in [0.2, 0.25) is 5.02 Å². The quantitative estimate of drug-likeness (QED) is 0.716. The number of hydrogen-bond acceptors (Lipinski definition) is 1. The molecule has 0 aliphatic heterocycles. The molecule has 0 saturated heterocycles. The molecule has 3 rings (SSSR count). The molecule has 0 aromatic heterocycles. The fourth-order valence-corrected chi connectivity index (χ4v) is 4.72. The number of rotatable bonds is 2. The van der Waals surface area contributed by atoms with Gasteiger partial charge in [0.2, 0.25) is 5.91 Å². The summed E-state index contributed by atoms with van der Waals surface area (Å²) in [6.07, 6.45) is 8.76. The van der Waals surface area contributed by atoms with E-state index in [0.29, 0.717) is 5.02 Å². The first kappa shape index (κ1) is 15.4. The molecular formula is C17H21BrClNO. The molecule has 1 N–H and O–H groups in total. The van der Waals surface area contributed by atoms with E-state index in [-0.39, 0.29) is 11.8 Å². The number of carbonyl (C=O) groups excluding carboxylic acids is 1. The first-order valence-electron chi connectivity index (χ1n) is 7.89. The Kier molecular flexibility index (Phi) is 4.90. The Morgan fingerprint density at radius 2 is 1.90 bits per heavy atom. The van der Waals surface area contributed by atoms with Gasteiger partial charge < -0.3 is 5.32 Å². The van der Waals surface area contributed by atoms with E-state index in [1.807, 2.05) is 12.1 Å². The lowest BCUT2D eigenvalue weighted by Crippen LogP contribution is -2.33. The van der Waals surface area contributed by atoms with Crippen LogP contribution in [-0.4, -0.2) is 5.91 Å². The Hall–Kier alpha value is -0.540. The highest BCUT2D eigenvalue weighted by atomic mass is 79.9. The monoisotopic (exact) mass is 369 g/mol. The van der Waals surface area contributed by atoms with Gasteiger partial charge in [-0.2, -0.15) is 0 Å². The first-order chi connectivity index (χ1) is 10.1. The van der Waals surface area contributed by atoms with Crippen molar-refractivity contribution in [2.75, 3.05) is 5.32 Å². The predicted octanol–water partition coefficient (Wildman–Crippen LogP) is 5.65. The largest absolute Gasteiger partial charge is 0.325 e. The minimum absolute atomic E-state index is 0.169. The van der Waals surface area contributed by atoms with Gasteiger partial charge in [-0.1, -0.05) is 37.3 Å². The van der Waals surface area contributed by atoms with E-state index in [0.717, 1.165) is 34.8 Å². The van der Waals surface area contributed by atoms with Crippen LogP contribution in [0.5, 0.6) is 0 Å². The first-order valence-corrected chi connectivity index (χ1v) is 9.06. The average molecular weight is 371 g/mol. The van der Waals surface area contributed by atoms with Gasteiger partial charge in [0.25, 0.3) is 0 Å². The van der Waals surface area contributed by atoms with Crippen molar-refractivity contribution in [3.63, 3.8) is 0 Å². The van der Waals surface area contributed by atoms with Gasteiger partial charge in [-0.05, 0) is 65.2 Å². The van der Waals surface area contributed by atoms with Gasteiger partial charge in [-0.15, -0.1) is 0 Å². The number of hydrogen-bond donors (Lipinski definition) is 1. The Morgan fingerprint density at radius 1 is 1.14 bits per heavy atom. The van der Waals surface area contributed by atoms with Crippen LogP contribution in [0.4, 0.5) is 5.69 Å². The second kappa shape index (κ2) is 6.70. The van der Waals surface area contributed by atoms with Gasteiger partial charge in [0.05, 0.1) is 5.69 Å². The molecular weight excluding hydrogens is 350 g/mol. The van der Waals surface area contributed by atoms with Crippen molar-refractivity contribution < 1.29 is 4.79 Å². The number of nitrogens with one attached hydrogen (secondary N) is 1. The summed E-state index contributed by atoms with van der Waals surface area (Å²) in [7, 11) is 0. The summed E-state index contributed by atoms with van der Waals surface area (Å²) in [5, 5.41) is 3.73. The third-order valence-corrected chi connectivity index (χ3v) is 5.99. The number of fused-ring (bicyclic) bond motifs is 1. The third kappa shape index (κ3) is 3.62. The Balaban J connectivity index is 1.63. The van der Waals surface area contributed by atoms with E-state index in [4.69, 9.17) is 11.6 Å². The topological polar surface area (TPSA) is 29.1 Å². The molecule has 114 valence electrons. The highest BCUT2D eigenvalue weighted by Gasteiger charge is 2.35. The highest BCUT2D eigenvalue weighted by molar-refractivity contribution is 9.10. The van der Waals surface area contributed by atoms with Crippen molar-refractivity contribution in [3.8, 4) is 0 Å². The smallest absolute Gasteiger partial charge is 0.227 e. The van der Waals surface area contributed by atoms with Gasteiger partial charge in [0, 0.05) is 15.4 Å². The summed E-state index contributed by atoms with van der Waals surface area (Å²) in [5.74, 6) is 2.00. The summed E-state index contributed by atoms with van der Waals surface area (Å²) in [4.78, 5) is 12.5. The molecule has 3 atom stereocenters. The molecule has 2 aliphatic carbocycles. The molecule has 0 bridgehead atoms. The van der Waals surface area contributed by atoms with Crippen molar-refractivity contribution in [2.45, 2.75) is 44.9 Å². The zero-order chi connectivity index (χ0) is 14.8. The van der Waals surface area contributed by atoms with Crippen LogP contribution in [0.15, 0.2) is 22.7 Å². The van der Waals surface area contributed by atoms with E-state index in [1.54, 1.807) is 6.07 Å².